The van der Waals surface area contributed by atoms with Crippen LogP contribution in [-0.4, -0.2) is 0 Å². The molecule has 17 heavy (non-hydrogen) atoms. The fourth-order valence-electron chi connectivity index (χ4n) is 1.49. The van der Waals surface area contributed by atoms with Crippen molar-refractivity contribution in [3.8, 4) is 5.75 Å². The molecule has 2 N–H and O–H groups in total. The lowest BCUT2D eigenvalue weighted by atomic mass is 10.2. The Hall–Kier alpha value is -1.81. The third-order valence-corrected chi connectivity index (χ3v) is 2.44. The second-order valence-corrected chi connectivity index (χ2v) is 3.75. The second kappa shape index (κ2) is 5.01. The molecule has 0 bridgehead atoms. The lowest BCUT2D eigenvalue weighted by molar-refractivity contribution is 0.254. The molecule has 4 heteroatoms. The van der Waals surface area contributed by atoms with E-state index in [1.807, 2.05) is 0 Å². The summed E-state index contributed by atoms with van der Waals surface area (Å²) in [4.78, 5) is 0. The lowest BCUT2D eigenvalue weighted by Gasteiger charge is -2.06. The number of rotatable bonds is 4. The standard InChI is InChI=1S/C13H14FNO2/c1-9-3-2-4-12(13(9)14)16-8-11-6-5-10(7-15)17-11/h2-6H,7-8,15H2,1H3. The van der Waals surface area contributed by atoms with Crippen molar-refractivity contribution in [3.05, 3.63) is 53.2 Å². The maximum atomic E-state index is 13.6. The molecule has 0 saturated heterocycles. The highest BCUT2D eigenvalue weighted by Gasteiger charge is 2.07. The van der Waals surface area contributed by atoms with Crippen LogP contribution in [-0.2, 0) is 13.2 Å². The summed E-state index contributed by atoms with van der Waals surface area (Å²) in [7, 11) is 0. The molecule has 0 spiro atoms. The van der Waals surface area contributed by atoms with Gasteiger partial charge in [-0.1, -0.05) is 12.1 Å². The normalized spacial score (nSPS) is 10.5. The Balaban J connectivity index is 2.04. The Morgan fingerprint density at radius 3 is 2.71 bits per heavy atom. The van der Waals surface area contributed by atoms with Crippen LogP contribution in [0, 0.1) is 12.7 Å². The van der Waals surface area contributed by atoms with Gasteiger partial charge in [0.25, 0.3) is 0 Å². The minimum atomic E-state index is -0.335. The molecule has 0 aliphatic heterocycles. The van der Waals surface area contributed by atoms with Crippen LogP contribution in [0.25, 0.3) is 0 Å². The molecule has 2 aromatic rings. The predicted molar refractivity (Wildman–Crippen MR) is 62.1 cm³/mol. The summed E-state index contributed by atoms with van der Waals surface area (Å²) >= 11 is 0. The second-order valence-electron chi connectivity index (χ2n) is 3.75. The molecule has 3 nitrogen and oxygen atoms in total. The first kappa shape index (κ1) is 11.7. The topological polar surface area (TPSA) is 48.4 Å². The highest BCUT2D eigenvalue weighted by molar-refractivity contribution is 5.30. The number of benzene rings is 1. The first-order valence-electron chi connectivity index (χ1n) is 5.36. The van der Waals surface area contributed by atoms with Crippen molar-refractivity contribution in [2.24, 2.45) is 5.73 Å². The highest BCUT2D eigenvalue weighted by atomic mass is 19.1. The molecule has 1 aromatic carbocycles. The zero-order valence-electron chi connectivity index (χ0n) is 9.57. The Kier molecular flexibility index (Phi) is 3.44. The Morgan fingerprint density at radius 2 is 2.00 bits per heavy atom. The maximum Gasteiger partial charge on any atom is 0.167 e. The number of nitrogens with two attached hydrogens (primary N) is 1. The molecule has 0 saturated carbocycles. The largest absolute Gasteiger partial charge is 0.483 e. The number of hydrogen-bond donors (Lipinski definition) is 1. The van der Waals surface area contributed by atoms with E-state index in [0.717, 1.165) is 0 Å². The molecule has 0 aliphatic rings. The number of hydrogen-bond acceptors (Lipinski definition) is 3. The Labute approximate surface area is 99.0 Å². The van der Waals surface area contributed by atoms with Crippen LogP contribution in [0.5, 0.6) is 5.75 Å². The average Bonchev–Trinajstić information content (AvgIpc) is 2.79. The fraction of sp³-hybridized carbons (Fsp3) is 0.231. The number of furan rings is 1. The molecule has 0 unspecified atom stereocenters. The van der Waals surface area contributed by atoms with Gasteiger partial charge in [-0.3, -0.25) is 0 Å². The third-order valence-electron chi connectivity index (χ3n) is 2.44. The minimum absolute atomic E-state index is 0.195. The smallest absolute Gasteiger partial charge is 0.167 e. The Morgan fingerprint density at radius 1 is 1.24 bits per heavy atom. The van der Waals surface area contributed by atoms with Crippen LogP contribution in [0.4, 0.5) is 4.39 Å². The number of halogens is 1. The Bertz CT molecular complexity index is 508. The van der Waals surface area contributed by atoms with Gasteiger partial charge in [0.2, 0.25) is 0 Å². The van der Waals surface area contributed by atoms with Gasteiger partial charge in [-0.15, -0.1) is 0 Å². The summed E-state index contributed by atoms with van der Waals surface area (Å²) in [5.74, 6) is 1.22. The summed E-state index contributed by atoms with van der Waals surface area (Å²) in [6, 6.07) is 8.60. The van der Waals surface area contributed by atoms with Crippen LogP contribution < -0.4 is 10.5 Å². The van der Waals surface area contributed by atoms with E-state index in [2.05, 4.69) is 0 Å². The molecular formula is C13H14FNO2. The first-order valence-corrected chi connectivity index (χ1v) is 5.36. The van der Waals surface area contributed by atoms with Gasteiger partial charge in [-0.05, 0) is 30.7 Å². The van der Waals surface area contributed by atoms with Crippen molar-refractivity contribution in [2.75, 3.05) is 0 Å². The number of ether oxygens (including phenoxy) is 1. The molecule has 2 rings (SSSR count). The summed E-state index contributed by atoms with van der Waals surface area (Å²) in [6.45, 7) is 2.24. The minimum Gasteiger partial charge on any atom is -0.483 e. The monoisotopic (exact) mass is 235 g/mol. The summed E-state index contributed by atoms with van der Waals surface area (Å²) in [6.07, 6.45) is 0. The van der Waals surface area contributed by atoms with E-state index in [4.69, 9.17) is 14.9 Å². The van der Waals surface area contributed by atoms with E-state index in [0.29, 0.717) is 23.6 Å². The van der Waals surface area contributed by atoms with Crippen LogP contribution in [0.3, 0.4) is 0 Å². The van der Waals surface area contributed by atoms with E-state index in [-0.39, 0.29) is 18.2 Å². The van der Waals surface area contributed by atoms with Gasteiger partial charge in [0.1, 0.15) is 18.1 Å². The van der Waals surface area contributed by atoms with Gasteiger partial charge in [-0.2, -0.15) is 0 Å². The van der Waals surface area contributed by atoms with Gasteiger partial charge < -0.3 is 14.9 Å². The third kappa shape index (κ3) is 2.65. The lowest BCUT2D eigenvalue weighted by Crippen LogP contribution is -1.97. The summed E-state index contributed by atoms with van der Waals surface area (Å²) in [5.41, 5.74) is 5.98. The van der Waals surface area contributed by atoms with Crippen LogP contribution in [0.15, 0.2) is 34.7 Å². The zero-order chi connectivity index (χ0) is 12.3. The first-order chi connectivity index (χ1) is 8.20. The average molecular weight is 235 g/mol. The quantitative estimate of drug-likeness (QED) is 0.886. The van der Waals surface area contributed by atoms with E-state index in [1.54, 1.807) is 37.3 Å². The number of aryl methyl sites for hydroxylation is 1. The summed E-state index contributed by atoms with van der Waals surface area (Å²) < 4.78 is 24.3. The van der Waals surface area contributed by atoms with Gasteiger partial charge in [0.15, 0.2) is 11.6 Å². The van der Waals surface area contributed by atoms with Gasteiger partial charge in [-0.25, -0.2) is 4.39 Å². The van der Waals surface area contributed by atoms with E-state index in [9.17, 15) is 4.39 Å². The zero-order valence-corrected chi connectivity index (χ0v) is 9.57. The van der Waals surface area contributed by atoms with E-state index >= 15 is 0 Å². The molecular weight excluding hydrogens is 221 g/mol. The van der Waals surface area contributed by atoms with Gasteiger partial charge >= 0.3 is 0 Å². The van der Waals surface area contributed by atoms with Crippen molar-refractivity contribution in [2.45, 2.75) is 20.1 Å². The van der Waals surface area contributed by atoms with Crippen molar-refractivity contribution >= 4 is 0 Å². The van der Waals surface area contributed by atoms with Crippen LogP contribution >= 0.6 is 0 Å². The molecule has 0 aliphatic carbocycles. The van der Waals surface area contributed by atoms with E-state index in [1.165, 1.54) is 0 Å². The van der Waals surface area contributed by atoms with Crippen molar-refractivity contribution in [1.82, 2.24) is 0 Å². The predicted octanol–water partition coefficient (Wildman–Crippen LogP) is 2.76. The molecule has 0 radical (unpaired) electrons. The van der Waals surface area contributed by atoms with Gasteiger partial charge in [0, 0.05) is 0 Å². The summed E-state index contributed by atoms with van der Waals surface area (Å²) in [5, 5.41) is 0. The molecule has 1 aromatic heterocycles. The van der Waals surface area contributed by atoms with Crippen molar-refractivity contribution in [3.63, 3.8) is 0 Å². The van der Waals surface area contributed by atoms with Crippen LogP contribution in [0.1, 0.15) is 17.1 Å². The molecule has 0 fully saturated rings. The van der Waals surface area contributed by atoms with Crippen molar-refractivity contribution in [1.29, 1.82) is 0 Å². The highest BCUT2D eigenvalue weighted by Crippen LogP contribution is 2.21. The van der Waals surface area contributed by atoms with E-state index < -0.39 is 0 Å². The molecule has 0 amide bonds. The molecule has 90 valence electrons. The molecule has 1 heterocycles. The van der Waals surface area contributed by atoms with Crippen LogP contribution in [0.2, 0.25) is 0 Å². The van der Waals surface area contributed by atoms with Gasteiger partial charge in [0.05, 0.1) is 6.54 Å². The SMILES string of the molecule is Cc1cccc(OCc2ccc(CN)o2)c1F. The fourth-order valence-corrected chi connectivity index (χ4v) is 1.49. The molecule has 0 atom stereocenters. The van der Waals surface area contributed by atoms with Crippen molar-refractivity contribution < 1.29 is 13.5 Å². The maximum absolute atomic E-state index is 13.6.